The Kier molecular flexibility index (Phi) is 5.50. The summed E-state index contributed by atoms with van der Waals surface area (Å²) in [4.78, 5) is 24.1. The first kappa shape index (κ1) is 18.3. The Labute approximate surface area is 143 Å². The van der Waals surface area contributed by atoms with Gasteiger partial charge in [-0.3, -0.25) is 20.4 Å². The Morgan fingerprint density at radius 2 is 1.95 bits per heavy atom. The van der Waals surface area contributed by atoms with Gasteiger partial charge in [-0.1, -0.05) is 39.0 Å². The summed E-state index contributed by atoms with van der Waals surface area (Å²) >= 11 is 0. The van der Waals surface area contributed by atoms with Crippen molar-refractivity contribution in [3.8, 4) is 0 Å². The number of carbonyl (C=O) groups is 2. The molecular formula is C15H19N4O2Re-. The van der Waals surface area contributed by atoms with Gasteiger partial charge in [0.2, 0.25) is 5.91 Å². The quantitative estimate of drug-likeness (QED) is 0.485. The molecular weight excluding hydrogens is 454 g/mol. The molecule has 0 saturated carbocycles. The molecule has 1 fully saturated rings. The van der Waals surface area contributed by atoms with Crippen LogP contribution < -0.4 is 5.32 Å². The van der Waals surface area contributed by atoms with Gasteiger partial charge in [-0.25, -0.2) is 4.79 Å². The number of nitrogens with zero attached hydrogens (tertiary/aromatic N) is 1. The van der Waals surface area contributed by atoms with Gasteiger partial charge in [0.05, 0.1) is 0 Å². The van der Waals surface area contributed by atoms with Crippen molar-refractivity contribution >= 4 is 23.5 Å². The standard InChI is InChI=1S/C15H20N4O2.Re/c1-15(2,3)9-4-5-10(11(16)8-9)13(17)19-7-6-12(20)18-14(19)21;/h4-5,8H,6-7H2,1-3H3,(H4,16,17,18,20,21);/p-1. The van der Waals surface area contributed by atoms with E-state index in [2.05, 4.69) is 26.1 Å². The van der Waals surface area contributed by atoms with Crippen molar-refractivity contribution in [1.82, 2.24) is 10.2 Å². The molecule has 1 aliphatic heterocycles. The van der Waals surface area contributed by atoms with E-state index >= 15 is 0 Å². The molecule has 6 nitrogen and oxygen atoms in total. The Morgan fingerprint density at radius 3 is 2.45 bits per heavy atom. The van der Waals surface area contributed by atoms with Crippen LogP contribution in [0.15, 0.2) is 18.2 Å². The normalized spacial score (nSPS) is 15.1. The molecule has 1 aromatic rings. The second-order valence-electron chi connectivity index (χ2n) is 6.11. The summed E-state index contributed by atoms with van der Waals surface area (Å²) in [6.45, 7) is 6.33. The molecule has 1 saturated heterocycles. The number of urea groups is 1. The average molecular weight is 474 g/mol. The van der Waals surface area contributed by atoms with Crippen LogP contribution in [0.4, 0.5) is 10.5 Å². The van der Waals surface area contributed by atoms with Crippen LogP contribution in [0.2, 0.25) is 0 Å². The molecule has 2 rings (SSSR count). The third-order valence-corrected chi connectivity index (χ3v) is 3.46. The van der Waals surface area contributed by atoms with Crippen LogP contribution in [-0.4, -0.2) is 29.2 Å². The first-order chi connectivity index (χ1) is 9.70. The predicted octanol–water partition coefficient (Wildman–Crippen LogP) is 2.93. The largest absolute Gasteiger partial charge is 0.698 e. The summed E-state index contributed by atoms with van der Waals surface area (Å²) in [5.74, 6) is -0.385. The average Bonchev–Trinajstić information content (AvgIpc) is 2.36. The van der Waals surface area contributed by atoms with E-state index in [0.717, 1.165) is 5.56 Å². The molecule has 0 aliphatic carbocycles. The monoisotopic (exact) mass is 474 g/mol. The summed E-state index contributed by atoms with van der Waals surface area (Å²) in [7, 11) is 0. The fraction of sp³-hybridized carbons (Fsp3) is 0.400. The summed E-state index contributed by atoms with van der Waals surface area (Å²) in [5.41, 5.74) is 9.59. The Hall–Kier alpha value is -1.71. The molecule has 3 N–H and O–H groups in total. The van der Waals surface area contributed by atoms with E-state index in [1.165, 1.54) is 4.90 Å². The van der Waals surface area contributed by atoms with Crippen LogP contribution in [-0.2, 0) is 30.6 Å². The second kappa shape index (κ2) is 6.59. The molecule has 0 unspecified atom stereocenters. The van der Waals surface area contributed by atoms with Crippen molar-refractivity contribution in [2.24, 2.45) is 0 Å². The number of hydrogen-bond donors (Lipinski definition) is 2. The Bertz CT molecular complexity index is 622. The van der Waals surface area contributed by atoms with Crippen molar-refractivity contribution in [2.45, 2.75) is 32.6 Å². The van der Waals surface area contributed by atoms with Gasteiger partial charge in [0, 0.05) is 39.0 Å². The van der Waals surface area contributed by atoms with E-state index in [4.69, 9.17) is 11.1 Å². The number of benzene rings is 1. The van der Waals surface area contributed by atoms with Crippen LogP contribution >= 0.6 is 0 Å². The van der Waals surface area contributed by atoms with E-state index in [0.29, 0.717) is 5.56 Å². The van der Waals surface area contributed by atoms with Gasteiger partial charge < -0.3 is 5.73 Å². The minimum atomic E-state index is -0.601. The van der Waals surface area contributed by atoms with Crippen molar-refractivity contribution in [1.29, 1.82) is 5.41 Å². The molecule has 22 heavy (non-hydrogen) atoms. The molecule has 1 aliphatic rings. The van der Waals surface area contributed by atoms with E-state index in [1.54, 1.807) is 12.1 Å². The van der Waals surface area contributed by atoms with Crippen LogP contribution in [0.3, 0.4) is 0 Å². The van der Waals surface area contributed by atoms with Gasteiger partial charge >= 0.3 is 6.03 Å². The summed E-state index contributed by atoms with van der Waals surface area (Å²) in [5, 5.41) is 10.3. The number of rotatable bonds is 1. The maximum atomic E-state index is 11.7. The minimum Gasteiger partial charge on any atom is -0.698 e. The van der Waals surface area contributed by atoms with Gasteiger partial charge in [0.1, 0.15) is 5.84 Å². The van der Waals surface area contributed by atoms with Crippen LogP contribution in [0.5, 0.6) is 0 Å². The molecule has 0 spiro atoms. The zero-order valence-electron chi connectivity index (χ0n) is 12.8. The topological polar surface area (TPSA) is 97.1 Å². The van der Waals surface area contributed by atoms with Crippen molar-refractivity contribution < 1.29 is 30.0 Å². The predicted molar refractivity (Wildman–Crippen MR) is 80.8 cm³/mol. The number of nitrogens with one attached hydrogen (secondary N) is 3. The molecule has 0 bridgehead atoms. The third-order valence-electron chi connectivity index (χ3n) is 3.46. The zero-order chi connectivity index (χ0) is 15.8. The second-order valence-corrected chi connectivity index (χ2v) is 6.11. The molecule has 0 aromatic heterocycles. The molecule has 1 aromatic carbocycles. The first-order valence-electron chi connectivity index (χ1n) is 6.76. The van der Waals surface area contributed by atoms with Crippen molar-refractivity contribution in [3.05, 3.63) is 35.1 Å². The molecule has 119 valence electrons. The summed E-state index contributed by atoms with van der Waals surface area (Å²) in [6, 6.07) is 4.68. The SMILES string of the molecule is CC(C)(C)c1ccc(C(=N)N2CCC(=O)NC2=O)c([NH-])c1.[Re]. The van der Waals surface area contributed by atoms with Gasteiger partial charge in [0.15, 0.2) is 0 Å². The number of carbonyl (C=O) groups excluding carboxylic acids is 2. The van der Waals surface area contributed by atoms with Gasteiger partial charge in [0.25, 0.3) is 0 Å². The Morgan fingerprint density at radius 1 is 1.32 bits per heavy atom. The van der Waals surface area contributed by atoms with E-state index < -0.39 is 6.03 Å². The van der Waals surface area contributed by atoms with Gasteiger partial charge in [-0.2, -0.15) is 0 Å². The summed E-state index contributed by atoms with van der Waals surface area (Å²) in [6.07, 6.45) is 0.168. The summed E-state index contributed by atoms with van der Waals surface area (Å²) < 4.78 is 0. The van der Waals surface area contributed by atoms with E-state index in [-0.39, 0.29) is 56.2 Å². The third kappa shape index (κ3) is 3.73. The van der Waals surface area contributed by atoms with Crippen LogP contribution in [0, 0.1) is 5.41 Å². The number of hydrogen-bond acceptors (Lipinski definition) is 3. The van der Waals surface area contributed by atoms with Gasteiger partial charge in [-0.05, 0) is 11.0 Å². The molecule has 3 amide bonds. The first-order valence-corrected chi connectivity index (χ1v) is 6.76. The zero-order valence-corrected chi connectivity index (χ0v) is 15.5. The minimum absolute atomic E-state index is 0. The fourth-order valence-electron chi connectivity index (χ4n) is 2.14. The number of imide groups is 1. The maximum absolute atomic E-state index is 11.7. The molecule has 1 radical (unpaired) electrons. The molecule has 0 atom stereocenters. The number of amides is 3. The fourth-order valence-corrected chi connectivity index (χ4v) is 2.14. The molecule has 7 heteroatoms. The van der Waals surface area contributed by atoms with E-state index in [1.807, 2.05) is 6.07 Å². The smallest absolute Gasteiger partial charge is 0.329 e. The van der Waals surface area contributed by atoms with E-state index in [9.17, 15) is 9.59 Å². The Balaban J connectivity index is 0.00000242. The van der Waals surface area contributed by atoms with Gasteiger partial charge in [-0.15, -0.1) is 5.69 Å². The van der Waals surface area contributed by atoms with Crippen molar-refractivity contribution in [2.75, 3.05) is 6.54 Å². The van der Waals surface area contributed by atoms with Crippen LogP contribution in [0.25, 0.3) is 5.73 Å². The number of amidine groups is 1. The maximum Gasteiger partial charge on any atom is 0.329 e. The molecule has 1 heterocycles. The van der Waals surface area contributed by atoms with Crippen LogP contribution in [0.1, 0.15) is 38.3 Å². The van der Waals surface area contributed by atoms with Crippen molar-refractivity contribution in [3.63, 3.8) is 0 Å².